The van der Waals surface area contributed by atoms with E-state index in [0.717, 1.165) is 11.1 Å². The molecule has 4 nitrogen and oxygen atoms in total. The highest BCUT2D eigenvalue weighted by atomic mass is 35.5. The Balaban J connectivity index is 1.72. The molecule has 0 unspecified atom stereocenters. The van der Waals surface area contributed by atoms with Crippen LogP contribution in [0.1, 0.15) is 5.56 Å². The lowest BCUT2D eigenvalue weighted by molar-refractivity contribution is -0.289. The van der Waals surface area contributed by atoms with Crippen LogP contribution >= 0.6 is 11.6 Å². The van der Waals surface area contributed by atoms with Crippen LogP contribution < -0.4 is 0 Å². The van der Waals surface area contributed by atoms with E-state index in [1.54, 1.807) is 30.1 Å². The minimum atomic E-state index is -5.36. The van der Waals surface area contributed by atoms with E-state index in [1.807, 2.05) is 17.0 Å². The van der Waals surface area contributed by atoms with Crippen LogP contribution in [0.2, 0.25) is 5.02 Å². The molecule has 0 amide bonds. The van der Waals surface area contributed by atoms with E-state index in [1.165, 1.54) is 0 Å². The summed E-state index contributed by atoms with van der Waals surface area (Å²) >= 11 is 6.24. The Morgan fingerprint density at radius 2 is 1.59 bits per heavy atom. The van der Waals surface area contributed by atoms with Crippen LogP contribution in [0.3, 0.4) is 0 Å². The maximum Gasteiger partial charge on any atom is 0.412 e. The molecule has 0 atom stereocenters. The van der Waals surface area contributed by atoms with Gasteiger partial charge in [-0.3, -0.25) is 14.5 Å². The third kappa shape index (κ3) is 5.04. The minimum absolute atomic E-state index is 0.0829. The fraction of sp³-hybridized carbons (Fsp3) is 0.500. The van der Waals surface area contributed by atoms with Gasteiger partial charge in [0, 0.05) is 57.1 Å². The summed E-state index contributed by atoms with van der Waals surface area (Å²) in [4.78, 5) is 2.27. The molecule has 1 aromatic heterocycles. The number of nitrogens with zero attached hydrogens (tertiary/aromatic N) is 4. The summed E-state index contributed by atoms with van der Waals surface area (Å²) in [6.45, 7) is -0.138. The first kappa shape index (κ1) is 21.9. The van der Waals surface area contributed by atoms with Crippen molar-refractivity contribution in [3.05, 3.63) is 41.0 Å². The Labute approximate surface area is 168 Å². The molecule has 29 heavy (non-hydrogen) atoms. The lowest BCUT2D eigenvalue weighted by atomic mass is 10.1. The Morgan fingerprint density at radius 1 is 1.00 bits per heavy atom. The van der Waals surface area contributed by atoms with Crippen molar-refractivity contribution in [2.24, 2.45) is 7.05 Å². The molecule has 11 heteroatoms. The molecule has 1 aliphatic heterocycles. The van der Waals surface area contributed by atoms with E-state index in [0.29, 0.717) is 22.2 Å². The Morgan fingerprint density at radius 3 is 2.14 bits per heavy atom. The SMILES string of the molecule is Cn1cc(CN2CCN(C(C(F)(F)F)C(F)(F)F)CC2)c(-c2ccccc2Cl)n1. The summed E-state index contributed by atoms with van der Waals surface area (Å²) in [6, 6.07) is 3.69. The minimum Gasteiger partial charge on any atom is -0.296 e. The van der Waals surface area contributed by atoms with Crippen molar-refractivity contribution in [1.82, 2.24) is 19.6 Å². The zero-order chi connectivity index (χ0) is 21.4. The number of hydrogen-bond acceptors (Lipinski definition) is 3. The molecular weight excluding hydrogens is 422 g/mol. The highest BCUT2D eigenvalue weighted by Gasteiger charge is 2.59. The molecule has 1 aliphatic rings. The fourth-order valence-electron chi connectivity index (χ4n) is 3.55. The third-order valence-electron chi connectivity index (χ3n) is 4.82. The predicted molar refractivity (Wildman–Crippen MR) is 96.4 cm³/mol. The lowest BCUT2D eigenvalue weighted by Gasteiger charge is -2.40. The standard InChI is InChI=1S/C18H19ClF6N4/c1-27-10-12(15(26-27)13-4-2-3-5-14(13)19)11-28-6-8-29(9-7-28)16(17(20,21)22)18(23,24)25/h2-5,10,16H,6-9,11H2,1H3. The van der Waals surface area contributed by atoms with Gasteiger partial charge in [-0.2, -0.15) is 31.4 Å². The van der Waals surface area contributed by atoms with Crippen molar-refractivity contribution < 1.29 is 26.3 Å². The van der Waals surface area contributed by atoms with E-state index in [2.05, 4.69) is 5.10 Å². The summed E-state index contributed by atoms with van der Waals surface area (Å²) in [7, 11) is 1.74. The Bertz CT molecular complexity index is 826. The van der Waals surface area contributed by atoms with Crippen molar-refractivity contribution in [3.8, 4) is 11.3 Å². The average Bonchev–Trinajstić information content (AvgIpc) is 2.94. The fourth-order valence-corrected chi connectivity index (χ4v) is 3.78. The second kappa shape index (κ2) is 8.16. The van der Waals surface area contributed by atoms with E-state index in [9.17, 15) is 26.3 Å². The molecule has 1 fully saturated rings. The predicted octanol–water partition coefficient (Wildman–Crippen LogP) is 4.35. The maximum atomic E-state index is 12.9. The largest absolute Gasteiger partial charge is 0.412 e. The molecular formula is C18H19ClF6N4. The summed E-state index contributed by atoms with van der Waals surface area (Å²) < 4.78 is 79.2. The third-order valence-corrected chi connectivity index (χ3v) is 5.15. The second-order valence-electron chi connectivity index (χ2n) is 6.95. The summed E-state index contributed by atoms with van der Waals surface area (Å²) in [5.41, 5.74) is 2.17. The van der Waals surface area contributed by atoms with Gasteiger partial charge in [0.15, 0.2) is 0 Å². The second-order valence-corrected chi connectivity index (χ2v) is 7.36. The molecule has 0 saturated carbocycles. The van der Waals surface area contributed by atoms with Gasteiger partial charge in [-0.25, -0.2) is 0 Å². The first-order valence-electron chi connectivity index (χ1n) is 8.84. The van der Waals surface area contributed by atoms with Crippen molar-refractivity contribution in [2.75, 3.05) is 26.2 Å². The van der Waals surface area contributed by atoms with E-state index in [4.69, 9.17) is 11.6 Å². The van der Waals surface area contributed by atoms with Gasteiger partial charge in [0.1, 0.15) is 0 Å². The van der Waals surface area contributed by atoms with Gasteiger partial charge < -0.3 is 0 Å². The Kier molecular flexibility index (Phi) is 6.16. The zero-order valence-electron chi connectivity index (χ0n) is 15.4. The van der Waals surface area contributed by atoms with Gasteiger partial charge in [0.05, 0.1) is 10.7 Å². The lowest BCUT2D eigenvalue weighted by Crippen LogP contribution is -2.60. The summed E-state index contributed by atoms with van der Waals surface area (Å²) in [5.74, 6) is 0. The van der Waals surface area contributed by atoms with Gasteiger partial charge in [-0.15, -0.1) is 0 Å². The number of hydrogen-bond donors (Lipinski definition) is 0. The van der Waals surface area contributed by atoms with Gasteiger partial charge in [-0.05, 0) is 6.07 Å². The number of halogens is 7. The van der Waals surface area contributed by atoms with Crippen LogP contribution in [0.4, 0.5) is 26.3 Å². The van der Waals surface area contributed by atoms with Crippen molar-refractivity contribution in [1.29, 1.82) is 0 Å². The molecule has 0 bridgehead atoms. The van der Waals surface area contributed by atoms with Gasteiger partial charge >= 0.3 is 12.4 Å². The highest BCUT2D eigenvalue weighted by Crippen LogP contribution is 2.37. The van der Waals surface area contributed by atoms with E-state index in [-0.39, 0.29) is 26.2 Å². The molecule has 3 rings (SSSR count). The summed E-state index contributed by atoms with van der Waals surface area (Å²) in [6.07, 6.45) is -8.94. The van der Waals surface area contributed by atoms with E-state index >= 15 is 0 Å². The smallest absolute Gasteiger partial charge is 0.296 e. The normalized spacial score (nSPS) is 17.3. The molecule has 160 valence electrons. The van der Waals surface area contributed by atoms with Gasteiger partial charge in [0.25, 0.3) is 0 Å². The molecule has 2 aromatic rings. The van der Waals surface area contributed by atoms with Crippen LogP contribution in [0, 0.1) is 0 Å². The number of aromatic nitrogens is 2. The van der Waals surface area contributed by atoms with Crippen LogP contribution in [0.15, 0.2) is 30.5 Å². The van der Waals surface area contributed by atoms with Crippen LogP contribution in [0.25, 0.3) is 11.3 Å². The summed E-state index contributed by atoms with van der Waals surface area (Å²) in [5, 5.41) is 4.92. The van der Waals surface area contributed by atoms with Gasteiger partial charge in [0.2, 0.25) is 6.04 Å². The molecule has 0 spiro atoms. The molecule has 1 saturated heterocycles. The first-order chi connectivity index (χ1) is 13.5. The van der Waals surface area contributed by atoms with Crippen LogP contribution in [-0.4, -0.2) is 64.2 Å². The molecule has 1 aromatic carbocycles. The van der Waals surface area contributed by atoms with Crippen molar-refractivity contribution in [2.45, 2.75) is 24.9 Å². The number of alkyl halides is 6. The highest BCUT2D eigenvalue weighted by molar-refractivity contribution is 6.33. The van der Waals surface area contributed by atoms with Crippen molar-refractivity contribution in [3.63, 3.8) is 0 Å². The number of aryl methyl sites for hydroxylation is 1. The van der Waals surface area contributed by atoms with Crippen molar-refractivity contribution >= 4 is 11.6 Å². The van der Waals surface area contributed by atoms with E-state index < -0.39 is 18.4 Å². The number of piperazine rings is 1. The van der Waals surface area contributed by atoms with Crippen LogP contribution in [-0.2, 0) is 13.6 Å². The maximum absolute atomic E-state index is 12.9. The van der Waals surface area contributed by atoms with Crippen LogP contribution in [0.5, 0.6) is 0 Å². The molecule has 2 heterocycles. The Hall–Kier alpha value is -1.78. The number of rotatable bonds is 4. The van der Waals surface area contributed by atoms with Gasteiger partial charge in [-0.1, -0.05) is 29.8 Å². The monoisotopic (exact) mass is 440 g/mol. The number of benzene rings is 1. The zero-order valence-corrected chi connectivity index (χ0v) is 16.2. The average molecular weight is 441 g/mol. The molecule has 0 aliphatic carbocycles. The first-order valence-corrected chi connectivity index (χ1v) is 9.22. The topological polar surface area (TPSA) is 24.3 Å². The quantitative estimate of drug-likeness (QED) is 0.661. The molecule has 0 N–H and O–H groups in total. The molecule has 0 radical (unpaired) electrons.